The number of guanidine groups is 1. The maximum Gasteiger partial charge on any atom is 0.438 e. The molecule has 2 rings (SSSR count). The molecule has 0 aliphatic rings. The van der Waals surface area contributed by atoms with Crippen molar-refractivity contribution in [2.24, 2.45) is 16.6 Å². The van der Waals surface area contributed by atoms with Gasteiger partial charge in [-0.05, 0) is 54.0 Å². The molecule has 0 radical (unpaired) electrons. The van der Waals surface area contributed by atoms with Crippen molar-refractivity contribution in [1.29, 1.82) is 0 Å². The molecule has 0 aliphatic carbocycles. The molecule has 15 heteroatoms. The number of methoxy groups -OCH3 is 1. The van der Waals surface area contributed by atoms with Gasteiger partial charge >= 0.3 is 24.2 Å². The molecule has 2 aromatic carbocycles. The van der Waals surface area contributed by atoms with Crippen LogP contribution in [0, 0.1) is 6.92 Å². The molecule has 0 aromatic heterocycles. The van der Waals surface area contributed by atoms with Crippen molar-refractivity contribution >= 4 is 35.8 Å². The topological polar surface area (TPSA) is 190 Å². The lowest BCUT2D eigenvalue weighted by atomic mass is 10.2. The fourth-order valence-corrected chi connectivity index (χ4v) is 5.22. The van der Waals surface area contributed by atoms with E-state index in [-0.39, 0.29) is 41.9 Å². The van der Waals surface area contributed by atoms with Crippen LogP contribution in [-0.2, 0) is 27.8 Å². The van der Waals surface area contributed by atoms with E-state index in [1.54, 1.807) is 6.92 Å². The molecule has 0 saturated heterocycles. The third kappa shape index (κ3) is 7.13. The summed E-state index contributed by atoms with van der Waals surface area (Å²) in [5, 5.41) is 3.35. The molecule has 13 nitrogen and oxygen atoms in total. The smallest absolute Gasteiger partial charge is 0.438 e. The summed E-state index contributed by atoms with van der Waals surface area (Å²) in [6, 6.07) is 9.39. The van der Waals surface area contributed by atoms with Crippen LogP contribution in [0.15, 0.2) is 47.6 Å². The van der Waals surface area contributed by atoms with Gasteiger partial charge in [0.25, 0.3) is 0 Å². The van der Waals surface area contributed by atoms with Crippen molar-refractivity contribution in [3.05, 3.63) is 53.6 Å². The van der Waals surface area contributed by atoms with E-state index in [2.05, 4.69) is 9.89 Å². The largest absolute Gasteiger partial charge is 0.489 e. The van der Waals surface area contributed by atoms with Crippen molar-refractivity contribution in [2.75, 3.05) is 31.7 Å². The van der Waals surface area contributed by atoms with Crippen LogP contribution >= 0.6 is 0 Å². The van der Waals surface area contributed by atoms with Crippen molar-refractivity contribution in [1.82, 2.24) is 0 Å². The van der Waals surface area contributed by atoms with E-state index < -0.39 is 24.2 Å². The maximum atomic E-state index is 12.8. The normalized spacial score (nSPS) is 11.3. The summed E-state index contributed by atoms with van der Waals surface area (Å²) in [7, 11) is -8.03. The summed E-state index contributed by atoms with van der Waals surface area (Å²) >= 11 is 0. The molecule has 0 saturated carbocycles. The van der Waals surface area contributed by atoms with E-state index in [4.69, 9.17) is 25.2 Å². The fraction of sp³-hybridized carbons (Fsp3) is 0.300. The van der Waals surface area contributed by atoms with Gasteiger partial charge in [-0.2, -0.15) is 16.8 Å². The molecular weight excluding hydrogens is 504 g/mol. The highest BCUT2D eigenvalue weighted by molar-refractivity contribution is 8.65. The predicted octanol–water partition coefficient (Wildman–Crippen LogP) is 0.845. The lowest BCUT2D eigenvalue weighted by Gasteiger charge is -2.20. The summed E-state index contributed by atoms with van der Waals surface area (Å²) < 4.78 is 66.7. The van der Waals surface area contributed by atoms with E-state index in [9.17, 15) is 21.6 Å². The zero-order valence-electron chi connectivity index (χ0n) is 19.2. The third-order valence-electron chi connectivity index (χ3n) is 4.34. The van der Waals surface area contributed by atoms with Crippen LogP contribution in [0.2, 0.25) is 0 Å². The number of carbonyl (C=O) groups excluding carboxylic acids is 1. The first-order valence-corrected chi connectivity index (χ1v) is 13.3. The molecule has 2 aromatic rings. The van der Waals surface area contributed by atoms with E-state index in [0.29, 0.717) is 16.3 Å². The highest BCUT2D eigenvalue weighted by atomic mass is 33.2. The molecule has 0 heterocycles. The molecule has 0 bridgehead atoms. The quantitative estimate of drug-likeness (QED) is 0.0987. The number of hydrogen-bond acceptors (Lipinski definition) is 10. The van der Waals surface area contributed by atoms with Gasteiger partial charge in [-0.1, -0.05) is 6.07 Å². The number of esters is 1. The number of anilines is 1. The van der Waals surface area contributed by atoms with Crippen LogP contribution in [0.1, 0.15) is 22.3 Å². The second-order valence-electron chi connectivity index (χ2n) is 6.96. The number of benzene rings is 2. The lowest BCUT2D eigenvalue weighted by molar-refractivity contribution is 0.0600. The average molecular weight is 531 g/mol. The number of aryl methyl sites for hydroxylation is 1. The predicted molar refractivity (Wildman–Crippen MR) is 128 cm³/mol. The zero-order valence-corrected chi connectivity index (χ0v) is 20.8. The van der Waals surface area contributed by atoms with Gasteiger partial charge in [-0.15, -0.1) is 0 Å². The first-order chi connectivity index (χ1) is 16.4. The average Bonchev–Trinajstić information content (AvgIpc) is 2.81. The number of oxime groups is 1. The van der Waals surface area contributed by atoms with Gasteiger partial charge < -0.3 is 30.0 Å². The Labute approximate surface area is 202 Å². The Hall–Kier alpha value is -3.72. The minimum atomic E-state index is -5.22. The molecule has 35 heavy (non-hydrogen) atoms. The minimum absolute atomic E-state index is 0.00991. The van der Waals surface area contributed by atoms with Gasteiger partial charge in [0.1, 0.15) is 6.61 Å². The molecule has 0 amide bonds. The van der Waals surface area contributed by atoms with Crippen LogP contribution in [0.3, 0.4) is 0 Å². The number of ether oxygens (including phenoxy) is 2. The van der Waals surface area contributed by atoms with E-state index in [0.717, 1.165) is 7.05 Å². The Bertz CT molecular complexity index is 1270. The Morgan fingerprint density at radius 3 is 2.26 bits per heavy atom. The monoisotopic (exact) mass is 530 g/mol. The molecule has 192 valence electrons. The number of carbonyl (C=O) groups is 1. The van der Waals surface area contributed by atoms with Gasteiger partial charge in [-0.3, -0.25) is 4.31 Å². The highest BCUT2D eigenvalue weighted by Gasteiger charge is 2.38. The van der Waals surface area contributed by atoms with Crippen LogP contribution in [0.25, 0.3) is 0 Å². The van der Waals surface area contributed by atoms with Crippen molar-refractivity contribution in [3.8, 4) is 11.5 Å². The van der Waals surface area contributed by atoms with Crippen LogP contribution in [0.5, 0.6) is 11.5 Å². The van der Waals surface area contributed by atoms with Crippen LogP contribution in [-0.4, -0.2) is 56.1 Å². The van der Waals surface area contributed by atoms with Gasteiger partial charge in [0.15, 0.2) is 11.5 Å². The highest BCUT2D eigenvalue weighted by Crippen LogP contribution is 2.32. The SMILES string of the molecule is COC(=O)c1ccc(N(C)S(=O)(=O)S(=O)(=O)Oc2ccc(C)cc2OCCCON=C(N)N)cc1. The van der Waals surface area contributed by atoms with Gasteiger partial charge in [0, 0.05) is 13.5 Å². The van der Waals surface area contributed by atoms with Crippen LogP contribution < -0.4 is 24.7 Å². The summed E-state index contributed by atoms with van der Waals surface area (Å²) in [5.74, 6) is -1.18. The fourth-order valence-electron chi connectivity index (χ4n) is 2.57. The van der Waals surface area contributed by atoms with Gasteiger partial charge in [0.05, 0.1) is 25.0 Å². The Morgan fingerprint density at radius 2 is 1.66 bits per heavy atom. The second-order valence-corrected chi connectivity index (χ2v) is 11.8. The van der Waals surface area contributed by atoms with Crippen molar-refractivity contribution in [2.45, 2.75) is 13.3 Å². The van der Waals surface area contributed by atoms with E-state index >= 15 is 0 Å². The minimum Gasteiger partial charge on any atom is -0.489 e. The number of nitrogens with zero attached hydrogens (tertiary/aromatic N) is 2. The maximum absolute atomic E-state index is 12.8. The number of hydrogen-bond donors (Lipinski definition) is 2. The third-order valence-corrected chi connectivity index (χ3v) is 8.55. The van der Waals surface area contributed by atoms with E-state index in [1.165, 1.54) is 49.6 Å². The lowest BCUT2D eigenvalue weighted by Crippen LogP contribution is -2.35. The molecule has 0 spiro atoms. The molecule has 0 atom stereocenters. The molecule has 0 aliphatic heterocycles. The zero-order chi connectivity index (χ0) is 26.2. The first-order valence-electron chi connectivity index (χ1n) is 9.95. The van der Waals surface area contributed by atoms with Gasteiger partial charge in [-0.25, -0.2) is 4.79 Å². The Kier molecular flexibility index (Phi) is 9.13. The van der Waals surface area contributed by atoms with E-state index in [1.807, 2.05) is 0 Å². The molecule has 4 N–H and O–H groups in total. The number of nitrogens with two attached hydrogens (primary N) is 2. The molecular formula is C20H26N4O9S2. The Morgan fingerprint density at radius 1 is 1.00 bits per heavy atom. The van der Waals surface area contributed by atoms with Crippen molar-refractivity contribution in [3.63, 3.8) is 0 Å². The summed E-state index contributed by atoms with van der Waals surface area (Å²) in [6.45, 7) is 1.92. The first kappa shape index (κ1) is 27.5. The number of rotatable bonds is 12. The summed E-state index contributed by atoms with van der Waals surface area (Å²) in [6.07, 6.45) is 0.333. The second kappa shape index (κ2) is 11.6. The van der Waals surface area contributed by atoms with Gasteiger partial charge in [0.2, 0.25) is 5.96 Å². The van der Waals surface area contributed by atoms with Crippen molar-refractivity contribution < 1.29 is 40.1 Å². The standard InChI is InChI=1S/C20H26N4O9S2/c1-14-5-10-17(18(13-14)31-11-4-12-32-23-20(21)22)33-35(28,29)34(26,27)24(2)16-8-6-15(7-9-16)19(25)30-3/h5-10,13H,4,11-12H2,1-3H3,(H4,21,22,23). The molecule has 0 fully saturated rings. The summed E-state index contributed by atoms with van der Waals surface area (Å²) in [5.41, 5.74) is 11.1. The summed E-state index contributed by atoms with van der Waals surface area (Å²) in [4.78, 5) is 16.4. The Balaban J connectivity index is 2.19. The van der Waals surface area contributed by atoms with Crippen LogP contribution in [0.4, 0.5) is 5.69 Å². The molecule has 0 unspecified atom stereocenters.